The minimum Gasteiger partial charge on any atom is -0.383 e. The SMILES string of the molecule is CC(C)(C(=O)c1cccnc1N)c1ccc(F)cc1. The summed E-state index contributed by atoms with van der Waals surface area (Å²) in [6.07, 6.45) is 1.54. The first-order chi connectivity index (χ1) is 8.93. The summed E-state index contributed by atoms with van der Waals surface area (Å²) in [5.74, 6) is -0.250. The number of hydrogen-bond donors (Lipinski definition) is 1. The molecular weight excluding hydrogens is 243 g/mol. The second-order valence-corrected chi connectivity index (χ2v) is 4.90. The predicted molar refractivity (Wildman–Crippen MR) is 72.4 cm³/mol. The van der Waals surface area contributed by atoms with E-state index in [-0.39, 0.29) is 17.4 Å². The van der Waals surface area contributed by atoms with Gasteiger partial charge < -0.3 is 5.73 Å². The van der Waals surface area contributed by atoms with Gasteiger partial charge in [0.25, 0.3) is 0 Å². The van der Waals surface area contributed by atoms with Crippen LogP contribution in [0.4, 0.5) is 10.2 Å². The van der Waals surface area contributed by atoms with E-state index in [4.69, 9.17) is 5.73 Å². The van der Waals surface area contributed by atoms with Crippen molar-refractivity contribution in [1.29, 1.82) is 0 Å². The molecule has 0 aliphatic rings. The Morgan fingerprint density at radius 3 is 2.42 bits per heavy atom. The van der Waals surface area contributed by atoms with E-state index in [1.54, 1.807) is 38.1 Å². The van der Waals surface area contributed by atoms with Crippen LogP contribution in [0.25, 0.3) is 0 Å². The van der Waals surface area contributed by atoms with Gasteiger partial charge in [0.05, 0.1) is 11.0 Å². The molecule has 0 spiro atoms. The Morgan fingerprint density at radius 1 is 1.21 bits per heavy atom. The zero-order valence-corrected chi connectivity index (χ0v) is 10.9. The number of anilines is 1. The van der Waals surface area contributed by atoms with Gasteiger partial charge in [0.2, 0.25) is 0 Å². The zero-order chi connectivity index (χ0) is 14.0. The van der Waals surface area contributed by atoms with Crippen molar-refractivity contribution in [3.8, 4) is 0 Å². The van der Waals surface area contributed by atoms with E-state index in [0.29, 0.717) is 5.56 Å². The van der Waals surface area contributed by atoms with Crippen LogP contribution in [0.1, 0.15) is 29.8 Å². The van der Waals surface area contributed by atoms with E-state index < -0.39 is 5.41 Å². The lowest BCUT2D eigenvalue weighted by Crippen LogP contribution is -2.30. The number of benzene rings is 1. The molecule has 98 valence electrons. The summed E-state index contributed by atoms with van der Waals surface area (Å²) in [4.78, 5) is 16.5. The largest absolute Gasteiger partial charge is 0.383 e. The number of ketones is 1. The number of pyridine rings is 1. The van der Waals surface area contributed by atoms with E-state index >= 15 is 0 Å². The third kappa shape index (κ3) is 2.47. The van der Waals surface area contributed by atoms with Crippen LogP contribution in [-0.4, -0.2) is 10.8 Å². The average molecular weight is 258 g/mol. The number of rotatable bonds is 3. The van der Waals surface area contributed by atoms with Gasteiger partial charge in [0, 0.05) is 6.20 Å². The van der Waals surface area contributed by atoms with E-state index in [1.165, 1.54) is 18.3 Å². The molecule has 2 rings (SSSR count). The fourth-order valence-electron chi connectivity index (χ4n) is 1.94. The number of nitrogens with zero attached hydrogens (tertiary/aromatic N) is 1. The lowest BCUT2D eigenvalue weighted by molar-refractivity contribution is 0.0909. The number of halogens is 1. The highest BCUT2D eigenvalue weighted by Gasteiger charge is 2.31. The second-order valence-electron chi connectivity index (χ2n) is 4.90. The Labute approximate surface area is 111 Å². The van der Waals surface area contributed by atoms with Gasteiger partial charge in [0.15, 0.2) is 5.78 Å². The predicted octanol–water partition coefficient (Wildman–Crippen LogP) is 2.96. The van der Waals surface area contributed by atoms with Gasteiger partial charge in [-0.25, -0.2) is 9.37 Å². The smallest absolute Gasteiger partial charge is 0.176 e. The van der Waals surface area contributed by atoms with Crippen LogP contribution < -0.4 is 5.73 Å². The molecule has 0 unspecified atom stereocenters. The van der Waals surface area contributed by atoms with E-state index in [1.807, 2.05) is 0 Å². The van der Waals surface area contributed by atoms with E-state index in [9.17, 15) is 9.18 Å². The molecule has 0 atom stereocenters. The molecule has 19 heavy (non-hydrogen) atoms. The Morgan fingerprint density at radius 2 is 1.84 bits per heavy atom. The molecule has 0 saturated heterocycles. The second kappa shape index (κ2) is 4.80. The highest BCUT2D eigenvalue weighted by Crippen LogP contribution is 2.29. The van der Waals surface area contributed by atoms with Crippen molar-refractivity contribution >= 4 is 11.6 Å². The first-order valence-electron chi connectivity index (χ1n) is 5.94. The standard InChI is InChI=1S/C15H15FN2O/c1-15(2,10-5-7-11(16)8-6-10)13(19)12-4-3-9-18-14(12)17/h3-9H,1-2H3,(H2,17,18). The number of Topliss-reactive ketones (excluding diaryl/α,β-unsaturated/α-hetero) is 1. The van der Waals surface area contributed by atoms with E-state index in [0.717, 1.165) is 5.56 Å². The zero-order valence-electron chi connectivity index (χ0n) is 10.9. The maximum atomic E-state index is 12.9. The Balaban J connectivity index is 2.42. The summed E-state index contributed by atoms with van der Waals surface area (Å²) in [7, 11) is 0. The molecule has 3 nitrogen and oxygen atoms in total. The molecule has 2 N–H and O–H groups in total. The van der Waals surface area contributed by atoms with Crippen molar-refractivity contribution in [2.45, 2.75) is 19.3 Å². The summed E-state index contributed by atoms with van der Waals surface area (Å²) >= 11 is 0. The lowest BCUT2D eigenvalue weighted by atomic mass is 9.78. The Bertz CT molecular complexity index is 606. The first-order valence-corrected chi connectivity index (χ1v) is 5.94. The van der Waals surface area contributed by atoms with Crippen molar-refractivity contribution in [3.05, 3.63) is 59.5 Å². The van der Waals surface area contributed by atoms with Crippen molar-refractivity contribution in [2.24, 2.45) is 0 Å². The van der Waals surface area contributed by atoms with Gasteiger partial charge in [-0.1, -0.05) is 12.1 Å². The molecule has 4 heteroatoms. The summed E-state index contributed by atoms with van der Waals surface area (Å²) in [5.41, 5.74) is 6.07. The van der Waals surface area contributed by atoms with Crippen molar-refractivity contribution in [3.63, 3.8) is 0 Å². The van der Waals surface area contributed by atoms with Crippen LogP contribution in [0.3, 0.4) is 0 Å². The summed E-state index contributed by atoms with van der Waals surface area (Å²) in [5, 5.41) is 0. The van der Waals surface area contributed by atoms with Crippen LogP contribution in [0.5, 0.6) is 0 Å². The number of carbonyl (C=O) groups is 1. The number of hydrogen-bond acceptors (Lipinski definition) is 3. The first kappa shape index (κ1) is 13.2. The van der Waals surface area contributed by atoms with Crippen LogP contribution in [0.15, 0.2) is 42.6 Å². The molecule has 0 aliphatic heterocycles. The monoisotopic (exact) mass is 258 g/mol. The lowest BCUT2D eigenvalue weighted by Gasteiger charge is -2.24. The highest BCUT2D eigenvalue weighted by atomic mass is 19.1. The quantitative estimate of drug-likeness (QED) is 0.861. The summed E-state index contributed by atoms with van der Waals surface area (Å²) < 4.78 is 12.9. The van der Waals surface area contributed by atoms with Crippen LogP contribution in [0, 0.1) is 5.82 Å². The molecule has 0 saturated carbocycles. The van der Waals surface area contributed by atoms with Gasteiger partial charge in [0.1, 0.15) is 11.6 Å². The molecule has 0 aliphatic carbocycles. The van der Waals surface area contributed by atoms with Crippen LogP contribution in [0.2, 0.25) is 0 Å². The number of nitrogens with two attached hydrogens (primary N) is 1. The van der Waals surface area contributed by atoms with Gasteiger partial charge in [-0.2, -0.15) is 0 Å². The molecular formula is C15H15FN2O. The van der Waals surface area contributed by atoms with Crippen molar-refractivity contribution in [2.75, 3.05) is 5.73 Å². The molecule has 0 amide bonds. The minimum absolute atomic E-state index is 0.135. The molecule has 1 aromatic heterocycles. The van der Waals surface area contributed by atoms with Gasteiger partial charge in [-0.3, -0.25) is 4.79 Å². The topological polar surface area (TPSA) is 56.0 Å². The molecule has 0 bridgehead atoms. The third-order valence-electron chi connectivity index (χ3n) is 3.22. The van der Waals surface area contributed by atoms with Crippen LogP contribution >= 0.6 is 0 Å². The minimum atomic E-state index is -0.787. The number of nitrogen functional groups attached to an aromatic ring is 1. The average Bonchev–Trinajstić information content (AvgIpc) is 2.39. The summed E-state index contributed by atoms with van der Waals surface area (Å²) in [6, 6.07) is 9.23. The van der Waals surface area contributed by atoms with Crippen molar-refractivity contribution in [1.82, 2.24) is 4.98 Å². The molecule has 0 fully saturated rings. The van der Waals surface area contributed by atoms with Crippen LogP contribution in [-0.2, 0) is 5.41 Å². The Hall–Kier alpha value is -2.23. The van der Waals surface area contributed by atoms with E-state index in [2.05, 4.69) is 4.98 Å². The maximum Gasteiger partial charge on any atom is 0.176 e. The normalized spacial score (nSPS) is 11.3. The molecule has 1 heterocycles. The third-order valence-corrected chi connectivity index (χ3v) is 3.22. The van der Waals surface area contributed by atoms with Crippen molar-refractivity contribution < 1.29 is 9.18 Å². The molecule has 0 radical (unpaired) electrons. The molecule has 2 aromatic rings. The summed E-state index contributed by atoms with van der Waals surface area (Å²) in [6.45, 7) is 3.57. The number of carbonyl (C=O) groups excluding carboxylic acids is 1. The maximum absolute atomic E-state index is 12.9. The fourth-order valence-corrected chi connectivity index (χ4v) is 1.94. The van der Waals surface area contributed by atoms with Gasteiger partial charge in [-0.05, 0) is 43.7 Å². The fraction of sp³-hybridized carbons (Fsp3) is 0.200. The van der Waals surface area contributed by atoms with Gasteiger partial charge in [-0.15, -0.1) is 0 Å². The highest BCUT2D eigenvalue weighted by molar-refractivity contribution is 6.06. The van der Waals surface area contributed by atoms with Gasteiger partial charge >= 0.3 is 0 Å². The number of aromatic nitrogens is 1. The Kier molecular flexibility index (Phi) is 3.34. The molecule has 1 aromatic carbocycles.